The van der Waals surface area contributed by atoms with Crippen molar-refractivity contribution < 1.29 is 5.11 Å². The highest BCUT2D eigenvalue weighted by Gasteiger charge is 2.11. The lowest BCUT2D eigenvalue weighted by Gasteiger charge is -2.08. The molecule has 4 N–H and O–H groups in total. The molecule has 0 saturated heterocycles. The second kappa shape index (κ2) is 4.00. The van der Waals surface area contributed by atoms with E-state index in [4.69, 9.17) is 10.8 Å². The van der Waals surface area contributed by atoms with E-state index in [1.165, 1.54) is 0 Å². The molecule has 0 aliphatic carbocycles. The fraction of sp³-hybridized carbons (Fsp3) is 0.364. The number of nitrogens with one attached hydrogen (secondary N) is 1. The van der Waals surface area contributed by atoms with Crippen molar-refractivity contribution in [3.05, 3.63) is 29.6 Å². The van der Waals surface area contributed by atoms with Crippen LogP contribution in [0.3, 0.4) is 0 Å². The molecule has 0 aliphatic heterocycles. The van der Waals surface area contributed by atoms with E-state index in [2.05, 4.69) is 9.97 Å². The molecule has 4 nitrogen and oxygen atoms in total. The van der Waals surface area contributed by atoms with Crippen LogP contribution in [0.5, 0.6) is 0 Å². The molecule has 0 aliphatic rings. The number of aromatic nitrogens is 2. The van der Waals surface area contributed by atoms with Gasteiger partial charge >= 0.3 is 0 Å². The number of rotatable bonds is 3. The first kappa shape index (κ1) is 10.1. The van der Waals surface area contributed by atoms with Crippen LogP contribution in [0, 0.1) is 0 Å². The van der Waals surface area contributed by atoms with Gasteiger partial charge in [-0.15, -0.1) is 0 Å². The van der Waals surface area contributed by atoms with Crippen LogP contribution in [-0.4, -0.2) is 21.7 Å². The van der Waals surface area contributed by atoms with Gasteiger partial charge in [-0.1, -0.05) is 19.1 Å². The molecule has 80 valence electrons. The van der Waals surface area contributed by atoms with Crippen LogP contribution in [0.15, 0.2) is 18.2 Å². The molecule has 1 heterocycles. The maximum absolute atomic E-state index is 9.05. The average molecular weight is 205 g/mol. The standard InChI is InChI=1S/C11H15N3O/c1-2-10-13-9-5-3-4-7(8(12)6-15)11(9)14-10/h3-5,8,15H,2,6,12H2,1H3,(H,13,14). The number of aryl methyl sites for hydroxylation is 1. The lowest BCUT2D eigenvalue weighted by Crippen LogP contribution is -2.14. The molecule has 1 unspecified atom stereocenters. The van der Waals surface area contributed by atoms with Crippen molar-refractivity contribution in [2.24, 2.45) is 5.73 Å². The number of para-hydroxylation sites is 1. The molecule has 15 heavy (non-hydrogen) atoms. The molecule has 2 rings (SSSR count). The van der Waals surface area contributed by atoms with Crippen LogP contribution < -0.4 is 5.73 Å². The molecule has 1 atom stereocenters. The van der Waals surface area contributed by atoms with E-state index in [9.17, 15) is 0 Å². The molecule has 0 amide bonds. The topological polar surface area (TPSA) is 74.9 Å². The largest absolute Gasteiger partial charge is 0.394 e. The van der Waals surface area contributed by atoms with Gasteiger partial charge in [0, 0.05) is 6.42 Å². The maximum atomic E-state index is 9.05. The predicted molar refractivity (Wildman–Crippen MR) is 59.5 cm³/mol. The number of aliphatic hydroxyl groups is 1. The minimum absolute atomic E-state index is 0.0621. The summed E-state index contributed by atoms with van der Waals surface area (Å²) in [5.41, 5.74) is 8.55. The highest BCUT2D eigenvalue weighted by molar-refractivity contribution is 5.79. The van der Waals surface area contributed by atoms with Gasteiger partial charge in [-0.25, -0.2) is 4.98 Å². The molecular formula is C11H15N3O. The van der Waals surface area contributed by atoms with Crippen molar-refractivity contribution in [1.29, 1.82) is 0 Å². The summed E-state index contributed by atoms with van der Waals surface area (Å²) in [5, 5.41) is 9.05. The van der Waals surface area contributed by atoms with E-state index >= 15 is 0 Å². The van der Waals surface area contributed by atoms with Crippen molar-refractivity contribution in [1.82, 2.24) is 9.97 Å². The second-order valence-electron chi connectivity index (χ2n) is 3.57. The number of H-pyrrole nitrogens is 1. The summed E-state index contributed by atoms with van der Waals surface area (Å²) in [4.78, 5) is 7.67. The number of aromatic amines is 1. The molecular weight excluding hydrogens is 190 g/mol. The maximum Gasteiger partial charge on any atom is 0.106 e. The third kappa shape index (κ3) is 1.73. The first-order chi connectivity index (χ1) is 7.26. The Morgan fingerprint density at radius 2 is 2.33 bits per heavy atom. The summed E-state index contributed by atoms with van der Waals surface area (Å²) >= 11 is 0. The Balaban J connectivity index is 2.59. The molecule has 0 saturated carbocycles. The summed E-state index contributed by atoms with van der Waals surface area (Å²) in [6.07, 6.45) is 0.864. The Kier molecular flexibility index (Phi) is 2.70. The van der Waals surface area contributed by atoms with E-state index in [-0.39, 0.29) is 12.6 Å². The highest BCUT2D eigenvalue weighted by atomic mass is 16.3. The Morgan fingerprint density at radius 3 is 3.00 bits per heavy atom. The summed E-state index contributed by atoms with van der Waals surface area (Å²) < 4.78 is 0. The number of aliphatic hydroxyl groups excluding tert-OH is 1. The number of fused-ring (bicyclic) bond motifs is 1. The van der Waals surface area contributed by atoms with Crippen LogP contribution in [0.2, 0.25) is 0 Å². The SMILES string of the molecule is CCc1nc2c(C(N)CO)cccc2[nH]1. The zero-order chi connectivity index (χ0) is 10.8. The lowest BCUT2D eigenvalue weighted by molar-refractivity contribution is 0.268. The molecule has 2 aromatic rings. The number of imidazole rings is 1. The normalized spacial score (nSPS) is 13.3. The summed E-state index contributed by atoms with van der Waals surface area (Å²) in [5.74, 6) is 0.947. The van der Waals surface area contributed by atoms with E-state index < -0.39 is 0 Å². The highest BCUT2D eigenvalue weighted by Crippen LogP contribution is 2.21. The summed E-state index contributed by atoms with van der Waals surface area (Å²) in [7, 11) is 0. The zero-order valence-corrected chi connectivity index (χ0v) is 8.70. The first-order valence-corrected chi connectivity index (χ1v) is 5.10. The minimum Gasteiger partial charge on any atom is -0.394 e. The van der Waals surface area contributed by atoms with E-state index in [0.29, 0.717) is 0 Å². The first-order valence-electron chi connectivity index (χ1n) is 5.10. The van der Waals surface area contributed by atoms with Crippen LogP contribution in [0.1, 0.15) is 24.4 Å². The molecule has 4 heteroatoms. The molecule has 0 fully saturated rings. The minimum atomic E-state index is -0.360. The van der Waals surface area contributed by atoms with Gasteiger partial charge in [0.15, 0.2) is 0 Å². The van der Waals surface area contributed by atoms with Crippen molar-refractivity contribution in [2.75, 3.05) is 6.61 Å². The smallest absolute Gasteiger partial charge is 0.106 e. The third-order valence-electron chi connectivity index (χ3n) is 2.52. The average Bonchev–Trinajstić information content (AvgIpc) is 2.70. The summed E-state index contributed by atoms with van der Waals surface area (Å²) in [6.45, 7) is 1.98. The molecule has 0 radical (unpaired) electrons. The van der Waals surface area contributed by atoms with Crippen molar-refractivity contribution in [3.8, 4) is 0 Å². The van der Waals surface area contributed by atoms with Gasteiger partial charge < -0.3 is 15.8 Å². The molecule has 0 bridgehead atoms. The second-order valence-corrected chi connectivity index (χ2v) is 3.57. The molecule has 1 aromatic carbocycles. The Hall–Kier alpha value is -1.39. The fourth-order valence-electron chi connectivity index (χ4n) is 1.67. The molecule has 0 spiro atoms. The number of hydrogen-bond donors (Lipinski definition) is 3. The van der Waals surface area contributed by atoms with Crippen molar-refractivity contribution >= 4 is 11.0 Å². The Bertz CT molecular complexity index is 464. The van der Waals surface area contributed by atoms with Gasteiger partial charge in [0.2, 0.25) is 0 Å². The van der Waals surface area contributed by atoms with Gasteiger partial charge in [0.1, 0.15) is 5.82 Å². The van der Waals surface area contributed by atoms with Gasteiger partial charge in [0.25, 0.3) is 0 Å². The predicted octanol–water partition coefficient (Wildman–Crippen LogP) is 1.12. The number of nitrogens with two attached hydrogens (primary N) is 1. The van der Waals surface area contributed by atoms with Crippen LogP contribution >= 0.6 is 0 Å². The van der Waals surface area contributed by atoms with Gasteiger partial charge in [-0.05, 0) is 11.6 Å². The number of benzene rings is 1. The van der Waals surface area contributed by atoms with Gasteiger partial charge in [-0.2, -0.15) is 0 Å². The quantitative estimate of drug-likeness (QED) is 0.702. The van der Waals surface area contributed by atoms with E-state index in [1.807, 2.05) is 25.1 Å². The van der Waals surface area contributed by atoms with Crippen LogP contribution in [0.4, 0.5) is 0 Å². The van der Waals surface area contributed by atoms with Gasteiger partial charge in [-0.3, -0.25) is 0 Å². The number of nitrogens with zero attached hydrogens (tertiary/aromatic N) is 1. The molecule has 1 aromatic heterocycles. The number of hydrogen-bond acceptors (Lipinski definition) is 3. The summed E-state index contributed by atoms with van der Waals surface area (Å²) in [6, 6.07) is 5.44. The van der Waals surface area contributed by atoms with Crippen LogP contribution in [0.25, 0.3) is 11.0 Å². The Morgan fingerprint density at radius 1 is 1.53 bits per heavy atom. The fourth-order valence-corrected chi connectivity index (χ4v) is 1.67. The Labute approximate surface area is 88.1 Å². The van der Waals surface area contributed by atoms with Crippen LogP contribution in [-0.2, 0) is 6.42 Å². The van der Waals surface area contributed by atoms with E-state index in [1.54, 1.807) is 0 Å². The van der Waals surface area contributed by atoms with Crippen molar-refractivity contribution in [3.63, 3.8) is 0 Å². The van der Waals surface area contributed by atoms with Crippen molar-refractivity contribution in [2.45, 2.75) is 19.4 Å². The van der Waals surface area contributed by atoms with E-state index in [0.717, 1.165) is 28.8 Å². The third-order valence-corrected chi connectivity index (χ3v) is 2.52. The zero-order valence-electron chi connectivity index (χ0n) is 8.70. The lowest BCUT2D eigenvalue weighted by atomic mass is 10.1. The van der Waals surface area contributed by atoms with Gasteiger partial charge in [0.05, 0.1) is 23.7 Å². The monoisotopic (exact) mass is 205 g/mol.